The Kier molecular flexibility index (Phi) is 6.03. The number of carbonyl (C=O) groups excluding carboxylic acids is 1. The summed E-state index contributed by atoms with van der Waals surface area (Å²) >= 11 is 0. The minimum atomic E-state index is -0.134. The summed E-state index contributed by atoms with van der Waals surface area (Å²) in [6.45, 7) is 1.38. The molecule has 1 rings (SSSR count). The van der Waals surface area contributed by atoms with Gasteiger partial charge in [-0.15, -0.1) is 0 Å². The number of methoxy groups -OCH3 is 1. The number of unbranched alkanes of at least 4 members (excludes halogenated alkanes) is 1. The second kappa shape index (κ2) is 7.62. The molecule has 1 aromatic rings. The molecule has 94 valence electrons. The van der Waals surface area contributed by atoms with E-state index in [4.69, 9.17) is 4.74 Å². The number of pyridine rings is 1. The lowest BCUT2D eigenvalue weighted by atomic mass is 10.3. The fourth-order valence-electron chi connectivity index (χ4n) is 1.34. The van der Waals surface area contributed by atoms with Crippen LogP contribution in [0.4, 0.5) is 5.69 Å². The summed E-state index contributed by atoms with van der Waals surface area (Å²) in [4.78, 5) is 15.7. The number of aromatic nitrogens is 1. The van der Waals surface area contributed by atoms with Crippen molar-refractivity contribution in [1.82, 2.24) is 10.3 Å². The molecule has 0 aliphatic carbocycles. The van der Waals surface area contributed by atoms with Crippen molar-refractivity contribution in [2.45, 2.75) is 12.8 Å². The number of rotatable bonds is 7. The zero-order chi connectivity index (χ0) is 12.5. The maximum absolute atomic E-state index is 11.7. The lowest BCUT2D eigenvalue weighted by molar-refractivity contribution is 0.0946. The molecule has 0 bridgehead atoms. The van der Waals surface area contributed by atoms with Crippen LogP contribution in [0.3, 0.4) is 0 Å². The number of ether oxygens (including phenoxy) is 1. The molecule has 0 aromatic carbocycles. The van der Waals surface area contributed by atoms with Crippen LogP contribution in [0.2, 0.25) is 0 Å². The Balaban J connectivity index is 2.31. The van der Waals surface area contributed by atoms with Crippen molar-refractivity contribution in [3.63, 3.8) is 0 Å². The van der Waals surface area contributed by atoms with E-state index < -0.39 is 0 Å². The zero-order valence-electron chi connectivity index (χ0n) is 10.3. The standard InChI is InChI=1S/C12H19N3O2/c1-13-10-5-6-11(15-9-10)12(16)14-7-3-4-8-17-2/h5-6,9,13H,3-4,7-8H2,1-2H3,(H,14,16). The van der Waals surface area contributed by atoms with Gasteiger partial charge in [-0.05, 0) is 25.0 Å². The predicted octanol–water partition coefficient (Wildman–Crippen LogP) is 1.28. The summed E-state index contributed by atoms with van der Waals surface area (Å²) in [5.41, 5.74) is 1.33. The largest absolute Gasteiger partial charge is 0.387 e. The zero-order valence-corrected chi connectivity index (χ0v) is 10.3. The van der Waals surface area contributed by atoms with E-state index in [1.54, 1.807) is 19.4 Å². The fraction of sp³-hybridized carbons (Fsp3) is 0.500. The minimum Gasteiger partial charge on any atom is -0.387 e. The molecule has 5 heteroatoms. The van der Waals surface area contributed by atoms with Gasteiger partial charge in [0.05, 0.1) is 11.9 Å². The molecule has 1 heterocycles. The second-order valence-electron chi connectivity index (χ2n) is 3.64. The van der Waals surface area contributed by atoms with Crippen LogP contribution >= 0.6 is 0 Å². The van der Waals surface area contributed by atoms with Crippen molar-refractivity contribution in [2.24, 2.45) is 0 Å². The molecule has 17 heavy (non-hydrogen) atoms. The van der Waals surface area contributed by atoms with Crippen molar-refractivity contribution >= 4 is 11.6 Å². The summed E-state index contributed by atoms with van der Waals surface area (Å²) < 4.78 is 4.93. The minimum absolute atomic E-state index is 0.134. The first-order valence-corrected chi connectivity index (χ1v) is 5.69. The third-order valence-corrected chi connectivity index (χ3v) is 2.35. The average molecular weight is 237 g/mol. The van der Waals surface area contributed by atoms with Crippen molar-refractivity contribution < 1.29 is 9.53 Å². The molecule has 0 unspecified atom stereocenters. The molecule has 0 radical (unpaired) electrons. The van der Waals surface area contributed by atoms with E-state index in [0.717, 1.165) is 25.1 Å². The molecule has 0 saturated carbocycles. The van der Waals surface area contributed by atoms with Crippen molar-refractivity contribution in [3.05, 3.63) is 24.0 Å². The highest BCUT2D eigenvalue weighted by Gasteiger charge is 2.05. The van der Waals surface area contributed by atoms with Gasteiger partial charge in [-0.2, -0.15) is 0 Å². The normalized spacial score (nSPS) is 10.0. The molecule has 0 aliphatic rings. The topological polar surface area (TPSA) is 63.2 Å². The molecule has 0 aliphatic heterocycles. The van der Waals surface area contributed by atoms with E-state index in [2.05, 4.69) is 15.6 Å². The van der Waals surface area contributed by atoms with Gasteiger partial charge < -0.3 is 15.4 Å². The molecule has 5 nitrogen and oxygen atoms in total. The van der Waals surface area contributed by atoms with Crippen LogP contribution in [0.5, 0.6) is 0 Å². The van der Waals surface area contributed by atoms with E-state index in [1.807, 2.05) is 13.1 Å². The highest BCUT2D eigenvalue weighted by molar-refractivity contribution is 5.92. The van der Waals surface area contributed by atoms with Gasteiger partial charge in [0.25, 0.3) is 5.91 Å². The first kappa shape index (κ1) is 13.4. The van der Waals surface area contributed by atoms with Gasteiger partial charge in [-0.25, -0.2) is 4.98 Å². The van der Waals surface area contributed by atoms with E-state index in [1.165, 1.54) is 0 Å². The Morgan fingerprint density at radius 1 is 1.41 bits per heavy atom. The Bertz CT molecular complexity index is 338. The van der Waals surface area contributed by atoms with Gasteiger partial charge in [-0.1, -0.05) is 0 Å². The molecular weight excluding hydrogens is 218 g/mol. The highest BCUT2D eigenvalue weighted by atomic mass is 16.5. The molecular formula is C12H19N3O2. The Morgan fingerprint density at radius 3 is 2.82 bits per heavy atom. The number of hydrogen-bond acceptors (Lipinski definition) is 4. The summed E-state index contributed by atoms with van der Waals surface area (Å²) in [6.07, 6.45) is 3.50. The van der Waals surface area contributed by atoms with E-state index in [-0.39, 0.29) is 5.91 Å². The van der Waals surface area contributed by atoms with Gasteiger partial charge in [0.2, 0.25) is 0 Å². The van der Waals surface area contributed by atoms with Gasteiger partial charge in [0, 0.05) is 27.3 Å². The Hall–Kier alpha value is -1.62. The van der Waals surface area contributed by atoms with Crippen LogP contribution in [-0.4, -0.2) is 38.2 Å². The number of carbonyl (C=O) groups is 1. The Labute approximate surface area is 102 Å². The fourth-order valence-corrected chi connectivity index (χ4v) is 1.34. The van der Waals surface area contributed by atoms with Crippen molar-refractivity contribution in [3.8, 4) is 0 Å². The predicted molar refractivity (Wildman–Crippen MR) is 67.2 cm³/mol. The highest BCUT2D eigenvalue weighted by Crippen LogP contribution is 2.04. The summed E-state index contributed by atoms with van der Waals surface area (Å²) in [5, 5.41) is 5.77. The first-order chi connectivity index (χ1) is 8.27. The number of nitrogens with one attached hydrogen (secondary N) is 2. The quantitative estimate of drug-likeness (QED) is 0.701. The van der Waals surface area contributed by atoms with Crippen LogP contribution in [0.1, 0.15) is 23.3 Å². The monoisotopic (exact) mass is 237 g/mol. The molecule has 1 aromatic heterocycles. The number of anilines is 1. The van der Waals surface area contributed by atoms with Crippen LogP contribution < -0.4 is 10.6 Å². The summed E-state index contributed by atoms with van der Waals surface area (Å²) in [6, 6.07) is 3.53. The maximum Gasteiger partial charge on any atom is 0.269 e. The first-order valence-electron chi connectivity index (χ1n) is 5.69. The third-order valence-electron chi connectivity index (χ3n) is 2.35. The van der Waals surface area contributed by atoms with E-state index >= 15 is 0 Å². The second-order valence-corrected chi connectivity index (χ2v) is 3.64. The number of hydrogen-bond donors (Lipinski definition) is 2. The van der Waals surface area contributed by atoms with Crippen LogP contribution in [-0.2, 0) is 4.74 Å². The number of nitrogens with zero attached hydrogens (tertiary/aromatic N) is 1. The van der Waals surface area contributed by atoms with E-state index in [9.17, 15) is 4.79 Å². The van der Waals surface area contributed by atoms with Gasteiger partial charge in [0.1, 0.15) is 5.69 Å². The van der Waals surface area contributed by atoms with Gasteiger partial charge in [0.15, 0.2) is 0 Å². The smallest absolute Gasteiger partial charge is 0.269 e. The third kappa shape index (κ3) is 4.82. The number of amides is 1. The molecule has 0 fully saturated rings. The van der Waals surface area contributed by atoms with Crippen molar-refractivity contribution in [2.75, 3.05) is 32.6 Å². The van der Waals surface area contributed by atoms with Crippen LogP contribution in [0.25, 0.3) is 0 Å². The van der Waals surface area contributed by atoms with Crippen LogP contribution in [0, 0.1) is 0 Å². The average Bonchev–Trinajstić information content (AvgIpc) is 2.38. The lowest BCUT2D eigenvalue weighted by Crippen LogP contribution is -2.25. The molecule has 2 N–H and O–H groups in total. The molecule has 0 atom stereocenters. The lowest BCUT2D eigenvalue weighted by Gasteiger charge is -2.05. The SMILES string of the molecule is CNc1ccc(C(=O)NCCCCOC)nc1. The van der Waals surface area contributed by atoms with Crippen molar-refractivity contribution in [1.29, 1.82) is 0 Å². The molecule has 0 spiro atoms. The molecule has 1 amide bonds. The summed E-state index contributed by atoms with van der Waals surface area (Å²) in [5.74, 6) is -0.134. The Morgan fingerprint density at radius 2 is 2.24 bits per heavy atom. The maximum atomic E-state index is 11.7. The van der Waals surface area contributed by atoms with Gasteiger partial charge in [-0.3, -0.25) is 4.79 Å². The molecule has 0 saturated heterocycles. The van der Waals surface area contributed by atoms with Gasteiger partial charge >= 0.3 is 0 Å². The van der Waals surface area contributed by atoms with E-state index in [0.29, 0.717) is 12.2 Å². The van der Waals surface area contributed by atoms with Crippen LogP contribution in [0.15, 0.2) is 18.3 Å². The summed E-state index contributed by atoms with van der Waals surface area (Å²) in [7, 11) is 3.48.